The molecule has 1 saturated heterocycles. The van der Waals surface area contributed by atoms with Crippen molar-refractivity contribution in [2.45, 2.75) is 23.8 Å². The van der Waals surface area contributed by atoms with E-state index >= 15 is 0 Å². The maximum Gasteiger partial charge on any atom is 0.248 e. The number of amides is 1. The molecule has 1 aromatic rings. The average Bonchev–Trinajstić information content (AvgIpc) is 2.47. The number of benzene rings is 1. The number of carbonyl (C=O) groups is 1. The van der Waals surface area contributed by atoms with Crippen LogP contribution in [-0.4, -0.2) is 44.8 Å². The molecular formula is C13H20ClN3O3S. The van der Waals surface area contributed by atoms with Crippen LogP contribution in [0.15, 0.2) is 29.2 Å². The van der Waals surface area contributed by atoms with Crippen molar-refractivity contribution in [2.75, 3.05) is 20.1 Å². The summed E-state index contributed by atoms with van der Waals surface area (Å²) >= 11 is 0. The molecule has 0 aliphatic carbocycles. The summed E-state index contributed by atoms with van der Waals surface area (Å²) in [6.45, 7) is 1.62. The van der Waals surface area contributed by atoms with E-state index in [2.05, 4.69) is 5.32 Å². The third kappa shape index (κ3) is 3.94. The predicted octanol–water partition coefficient (Wildman–Crippen LogP) is 0.580. The van der Waals surface area contributed by atoms with Gasteiger partial charge in [0.05, 0.1) is 4.90 Å². The summed E-state index contributed by atoms with van der Waals surface area (Å²) in [5.41, 5.74) is 5.39. The molecule has 21 heavy (non-hydrogen) atoms. The standard InChI is InChI=1S/C13H19N3O3S.ClH/c1-16(11-5-7-15-8-6-11)20(18,19)12-4-2-3-10(9-12)13(14)17;/h2-4,9,11,15H,5-8H2,1H3,(H2,14,17);1H. The molecule has 0 atom stereocenters. The van der Waals surface area contributed by atoms with Gasteiger partial charge in [0.25, 0.3) is 0 Å². The van der Waals surface area contributed by atoms with E-state index in [0.717, 1.165) is 25.9 Å². The quantitative estimate of drug-likeness (QED) is 0.843. The summed E-state index contributed by atoms with van der Waals surface area (Å²) in [7, 11) is -2.01. The monoisotopic (exact) mass is 333 g/mol. The molecule has 1 amide bonds. The number of carbonyl (C=O) groups excluding carboxylic acids is 1. The summed E-state index contributed by atoms with van der Waals surface area (Å²) in [5.74, 6) is -0.633. The molecule has 1 heterocycles. The maximum absolute atomic E-state index is 12.6. The number of hydrogen-bond donors (Lipinski definition) is 2. The van der Waals surface area contributed by atoms with Gasteiger partial charge in [-0.25, -0.2) is 8.42 Å². The second-order valence-corrected chi connectivity index (χ2v) is 6.89. The number of primary amides is 1. The Morgan fingerprint density at radius 3 is 2.52 bits per heavy atom. The lowest BCUT2D eigenvalue weighted by Crippen LogP contribution is -2.43. The molecule has 2 rings (SSSR count). The number of rotatable bonds is 4. The third-order valence-corrected chi connectivity index (χ3v) is 5.52. The van der Waals surface area contributed by atoms with Gasteiger partial charge in [-0.15, -0.1) is 12.4 Å². The Balaban J connectivity index is 0.00000220. The van der Waals surface area contributed by atoms with Gasteiger partial charge in [-0.2, -0.15) is 4.31 Å². The summed E-state index contributed by atoms with van der Waals surface area (Å²) in [6, 6.07) is 5.84. The zero-order chi connectivity index (χ0) is 14.8. The van der Waals surface area contributed by atoms with Crippen molar-refractivity contribution in [3.8, 4) is 0 Å². The van der Waals surface area contributed by atoms with Crippen molar-refractivity contribution in [2.24, 2.45) is 5.73 Å². The van der Waals surface area contributed by atoms with Crippen LogP contribution in [0.3, 0.4) is 0 Å². The number of piperidine rings is 1. The number of nitrogens with one attached hydrogen (secondary N) is 1. The van der Waals surface area contributed by atoms with Crippen molar-refractivity contribution < 1.29 is 13.2 Å². The highest BCUT2D eigenvalue weighted by molar-refractivity contribution is 7.89. The summed E-state index contributed by atoms with van der Waals surface area (Å²) in [5, 5.41) is 3.20. The first-order valence-corrected chi connectivity index (χ1v) is 7.95. The van der Waals surface area contributed by atoms with Gasteiger partial charge < -0.3 is 11.1 Å². The molecular weight excluding hydrogens is 314 g/mol. The predicted molar refractivity (Wildman–Crippen MR) is 83.0 cm³/mol. The Bertz CT molecular complexity index is 600. The molecule has 8 heteroatoms. The lowest BCUT2D eigenvalue weighted by atomic mass is 10.1. The lowest BCUT2D eigenvalue weighted by molar-refractivity contribution is 0.1000. The van der Waals surface area contributed by atoms with Gasteiger partial charge in [0.15, 0.2) is 0 Å². The van der Waals surface area contributed by atoms with Gasteiger partial charge in [-0.1, -0.05) is 6.07 Å². The second kappa shape index (κ2) is 7.22. The number of hydrogen-bond acceptors (Lipinski definition) is 4. The summed E-state index contributed by atoms with van der Waals surface area (Å²) in [4.78, 5) is 11.3. The third-order valence-electron chi connectivity index (χ3n) is 3.62. The highest BCUT2D eigenvalue weighted by Gasteiger charge is 2.29. The van der Waals surface area contributed by atoms with Crippen molar-refractivity contribution in [1.29, 1.82) is 0 Å². The SMILES string of the molecule is CN(C1CCNCC1)S(=O)(=O)c1cccc(C(N)=O)c1.Cl. The second-order valence-electron chi connectivity index (χ2n) is 4.89. The first kappa shape index (κ1) is 17.9. The largest absolute Gasteiger partial charge is 0.366 e. The van der Waals surface area contributed by atoms with E-state index in [1.54, 1.807) is 7.05 Å². The van der Waals surface area contributed by atoms with E-state index in [9.17, 15) is 13.2 Å². The van der Waals surface area contributed by atoms with Crippen molar-refractivity contribution >= 4 is 28.3 Å². The Hall–Kier alpha value is -1.15. The van der Waals surface area contributed by atoms with Gasteiger partial charge in [0.2, 0.25) is 15.9 Å². The Morgan fingerprint density at radius 1 is 1.33 bits per heavy atom. The zero-order valence-electron chi connectivity index (χ0n) is 11.8. The Kier molecular flexibility index (Phi) is 6.15. The van der Waals surface area contributed by atoms with Crippen LogP contribution >= 0.6 is 12.4 Å². The van der Waals surface area contributed by atoms with E-state index in [1.165, 1.54) is 28.6 Å². The minimum Gasteiger partial charge on any atom is -0.366 e. The van der Waals surface area contributed by atoms with Crippen molar-refractivity contribution in [1.82, 2.24) is 9.62 Å². The fourth-order valence-electron chi connectivity index (χ4n) is 2.34. The van der Waals surface area contributed by atoms with Crippen molar-refractivity contribution in [3.05, 3.63) is 29.8 Å². The molecule has 0 radical (unpaired) electrons. The first-order valence-electron chi connectivity index (χ1n) is 6.51. The molecule has 1 aliphatic heterocycles. The van der Waals surface area contributed by atoms with Gasteiger partial charge in [-0.3, -0.25) is 4.79 Å². The number of nitrogens with zero attached hydrogens (tertiary/aromatic N) is 1. The van der Waals surface area contributed by atoms with Crippen LogP contribution < -0.4 is 11.1 Å². The van der Waals surface area contributed by atoms with Crippen molar-refractivity contribution in [3.63, 3.8) is 0 Å². The highest BCUT2D eigenvalue weighted by atomic mass is 35.5. The smallest absolute Gasteiger partial charge is 0.248 e. The maximum atomic E-state index is 12.6. The van der Waals surface area contributed by atoms with E-state index in [0.29, 0.717) is 0 Å². The van der Waals surface area contributed by atoms with Gasteiger partial charge in [0, 0.05) is 18.7 Å². The minimum absolute atomic E-state index is 0. The van der Waals surface area contributed by atoms with Crippen LogP contribution in [-0.2, 0) is 10.0 Å². The first-order chi connectivity index (χ1) is 9.43. The van der Waals surface area contributed by atoms with E-state index in [1.807, 2.05) is 0 Å². The molecule has 0 bridgehead atoms. The fourth-order valence-corrected chi connectivity index (χ4v) is 3.80. The fraction of sp³-hybridized carbons (Fsp3) is 0.462. The molecule has 118 valence electrons. The molecule has 1 aliphatic rings. The molecule has 1 aromatic carbocycles. The van der Waals surface area contributed by atoms with Crippen LogP contribution in [0.5, 0.6) is 0 Å². The molecule has 3 N–H and O–H groups in total. The van der Waals surface area contributed by atoms with Gasteiger partial charge >= 0.3 is 0 Å². The van der Waals surface area contributed by atoms with E-state index < -0.39 is 15.9 Å². The normalized spacial score (nSPS) is 16.5. The molecule has 0 saturated carbocycles. The van der Waals surface area contributed by atoms with Gasteiger partial charge in [0.1, 0.15) is 0 Å². The van der Waals surface area contributed by atoms with E-state index in [-0.39, 0.29) is 28.9 Å². The average molecular weight is 334 g/mol. The highest BCUT2D eigenvalue weighted by Crippen LogP contribution is 2.21. The Labute approximate surface area is 131 Å². The Morgan fingerprint density at radius 2 is 1.95 bits per heavy atom. The molecule has 0 unspecified atom stereocenters. The van der Waals surface area contributed by atoms with Crippen LogP contribution in [0.2, 0.25) is 0 Å². The van der Waals surface area contributed by atoms with Crippen LogP contribution in [0, 0.1) is 0 Å². The number of nitrogens with two attached hydrogens (primary N) is 1. The van der Waals surface area contributed by atoms with Gasteiger partial charge in [-0.05, 0) is 44.1 Å². The zero-order valence-corrected chi connectivity index (χ0v) is 13.4. The number of sulfonamides is 1. The molecule has 0 spiro atoms. The summed E-state index contributed by atoms with van der Waals surface area (Å²) in [6.07, 6.45) is 1.57. The number of halogens is 1. The lowest BCUT2D eigenvalue weighted by Gasteiger charge is -2.30. The van der Waals surface area contributed by atoms with Crippen LogP contribution in [0.4, 0.5) is 0 Å². The summed E-state index contributed by atoms with van der Waals surface area (Å²) < 4.78 is 26.5. The molecule has 6 nitrogen and oxygen atoms in total. The van der Waals surface area contributed by atoms with Crippen LogP contribution in [0.1, 0.15) is 23.2 Å². The molecule has 1 fully saturated rings. The minimum atomic E-state index is -3.60. The topological polar surface area (TPSA) is 92.5 Å². The molecule has 0 aromatic heterocycles. The van der Waals surface area contributed by atoms with Crippen LogP contribution in [0.25, 0.3) is 0 Å². The van der Waals surface area contributed by atoms with E-state index in [4.69, 9.17) is 5.73 Å².